The molecule has 0 aliphatic heterocycles. The van der Waals surface area contributed by atoms with Crippen LogP contribution >= 0.6 is 0 Å². The molecule has 2 N–H and O–H groups in total. The number of aliphatic hydroxyl groups excluding tert-OH is 1. The molecule has 3 heteroatoms. The van der Waals surface area contributed by atoms with Crippen LogP contribution in [0.2, 0.25) is 0 Å². The van der Waals surface area contributed by atoms with E-state index in [9.17, 15) is 0 Å². The van der Waals surface area contributed by atoms with Gasteiger partial charge in [0.15, 0.2) is 0 Å². The maximum Gasteiger partial charge on any atom is 0.0724 e. The Morgan fingerprint density at radius 1 is 1.58 bits per heavy atom. The van der Waals surface area contributed by atoms with Crippen molar-refractivity contribution in [3.05, 3.63) is 0 Å². The molecule has 3 nitrogen and oxygen atoms in total. The zero-order valence-corrected chi connectivity index (χ0v) is 7.92. The van der Waals surface area contributed by atoms with Crippen molar-refractivity contribution in [1.29, 1.82) is 0 Å². The summed E-state index contributed by atoms with van der Waals surface area (Å²) >= 11 is 0. The SMILES string of the molecule is COC1CCCC1NCC(C)O. The van der Waals surface area contributed by atoms with Crippen LogP contribution in [-0.2, 0) is 4.74 Å². The van der Waals surface area contributed by atoms with Gasteiger partial charge in [-0.2, -0.15) is 0 Å². The number of hydrogen-bond donors (Lipinski definition) is 2. The summed E-state index contributed by atoms with van der Waals surface area (Å²) in [6.45, 7) is 2.47. The number of ether oxygens (including phenoxy) is 1. The molecule has 1 aliphatic rings. The number of rotatable bonds is 4. The van der Waals surface area contributed by atoms with Gasteiger partial charge in [0, 0.05) is 19.7 Å². The van der Waals surface area contributed by atoms with Crippen LogP contribution in [-0.4, -0.2) is 37.0 Å². The molecule has 0 bridgehead atoms. The summed E-state index contributed by atoms with van der Waals surface area (Å²) in [5.41, 5.74) is 0. The van der Waals surface area contributed by atoms with Crippen molar-refractivity contribution in [3.8, 4) is 0 Å². The first-order valence-corrected chi connectivity index (χ1v) is 4.68. The standard InChI is InChI=1S/C9H19NO2/c1-7(11)6-10-8-4-3-5-9(8)12-2/h7-11H,3-6H2,1-2H3. The molecule has 3 atom stereocenters. The molecule has 72 valence electrons. The predicted octanol–water partition coefficient (Wildman–Crippen LogP) is 0.524. The average Bonchev–Trinajstić information content (AvgIpc) is 2.47. The van der Waals surface area contributed by atoms with Crippen molar-refractivity contribution in [3.63, 3.8) is 0 Å². The Bertz CT molecular complexity index is 128. The van der Waals surface area contributed by atoms with Crippen molar-refractivity contribution < 1.29 is 9.84 Å². The van der Waals surface area contributed by atoms with Crippen molar-refractivity contribution in [2.45, 2.75) is 44.4 Å². The lowest BCUT2D eigenvalue weighted by Crippen LogP contribution is -2.40. The molecule has 0 aromatic rings. The van der Waals surface area contributed by atoms with E-state index in [-0.39, 0.29) is 6.10 Å². The van der Waals surface area contributed by atoms with Gasteiger partial charge in [0.05, 0.1) is 12.2 Å². The van der Waals surface area contributed by atoms with E-state index in [0.29, 0.717) is 18.7 Å². The fourth-order valence-electron chi connectivity index (χ4n) is 1.76. The van der Waals surface area contributed by atoms with E-state index < -0.39 is 0 Å². The maximum atomic E-state index is 9.07. The molecular formula is C9H19NO2. The predicted molar refractivity (Wildman–Crippen MR) is 48.1 cm³/mol. The van der Waals surface area contributed by atoms with E-state index >= 15 is 0 Å². The highest BCUT2D eigenvalue weighted by Crippen LogP contribution is 2.21. The summed E-state index contributed by atoms with van der Waals surface area (Å²) in [6, 6.07) is 0.449. The van der Waals surface area contributed by atoms with E-state index in [1.165, 1.54) is 12.8 Å². The molecule has 12 heavy (non-hydrogen) atoms. The van der Waals surface area contributed by atoms with Crippen molar-refractivity contribution in [1.82, 2.24) is 5.32 Å². The Morgan fingerprint density at radius 2 is 2.33 bits per heavy atom. The average molecular weight is 173 g/mol. The third-order valence-corrected chi connectivity index (χ3v) is 2.43. The third kappa shape index (κ3) is 2.73. The fourth-order valence-corrected chi connectivity index (χ4v) is 1.76. The van der Waals surface area contributed by atoms with Crippen LogP contribution < -0.4 is 5.32 Å². The lowest BCUT2D eigenvalue weighted by atomic mass is 10.2. The van der Waals surface area contributed by atoms with Gasteiger partial charge in [-0.25, -0.2) is 0 Å². The van der Waals surface area contributed by atoms with Crippen LogP contribution in [0.4, 0.5) is 0 Å². The van der Waals surface area contributed by atoms with Crippen LogP contribution in [0.25, 0.3) is 0 Å². The van der Waals surface area contributed by atoms with Gasteiger partial charge in [-0.05, 0) is 26.2 Å². The Balaban J connectivity index is 2.21. The molecular weight excluding hydrogens is 154 g/mol. The summed E-state index contributed by atoms with van der Waals surface area (Å²) < 4.78 is 5.31. The Labute approximate surface area is 74.1 Å². The van der Waals surface area contributed by atoms with Gasteiger partial charge >= 0.3 is 0 Å². The van der Waals surface area contributed by atoms with Crippen LogP contribution in [0, 0.1) is 0 Å². The second-order valence-electron chi connectivity index (χ2n) is 3.57. The van der Waals surface area contributed by atoms with E-state index in [0.717, 1.165) is 6.42 Å². The van der Waals surface area contributed by atoms with Crippen molar-refractivity contribution in [2.24, 2.45) is 0 Å². The fraction of sp³-hybridized carbons (Fsp3) is 1.00. The third-order valence-electron chi connectivity index (χ3n) is 2.43. The van der Waals surface area contributed by atoms with Crippen LogP contribution in [0.5, 0.6) is 0 Å². The molecule has 0 radical (unpaired) electrons. The van der Waals surface area contributed by atoms with Gasteiger partial charge in [-0.15, -0.1) is 0 Å². The second-order valence-corrected chi connectivity index (χ2v) is 3.57. The molecule has 0 heterocycles. The summed E-state index contributed by atoms with van der Waals surface area (Å²) in [6.07, 6.45) is 3.64. The van der Waals surface area contributed by atoms with Gasteiger partial charge in [0.2, 0.25) is 0 Å². The molecule has 3 unspecified atom stereocenters. The molecule has 0 aromatic carbocycles. The monoisotopic (exact) mass is 173 g/mol. The first-order valence-electron chi connectivity index (χ1n) is 4.68. The molecule has 1 fully saturated rings. The van der Waals surface area contributed by atoms with E-state index in [1.807, 2.05) is 0 Å². The number of aliphatic hydroxyl groups is 1. The quantitative estimate of drug-likeness (QED) is 0.651. The Hall–Kier alpha value is -0.120. The van der Waals surface area contributed by atoms with Gasteiger partial charge in [-0.3, -0.25) is 0 Å². The first kappa shape index (κ1) is 9.96. The van der Waals surface area contributed by atoms with Gasteiger partial charge in [-0.1, -0.05) is 0 Å². The molecule has 0 amide bonds. The number of methoxy groups -OCH3 is 1. The lowest BCUT2D eigenvalue weighted by Gasteiger charge is -2.20. The molecule has 1 aliphatic carbocycles. The highest BCUT2D eigenvalue weighted by atomic mass is 16.5. The molecule has 0 saturated heterocycles. The summed E-state index contributed by atoms with van der Waals surface area (Å²) in [5, 5.41) is 12.4. The van der Waals surface area contributed by atoms with Crippen molar-refractivity contribution in [2.75, 3.05) is 13.7 Å². The smallest absolute Gasteiger partial charge is 0.0724 e. The first-order chi connectivity index (χ1) is 5.74. The summed E-state index contributed by atoms with van der Waals surface area (Å²) in [5.74, 6) is 0. The number of nitrogens with one attached hydrogen (secondary N) is 1. The molecule has 0 spiro atoms. The van der Waals surface area contributed by atoms with Gasteiger partial charge < -0.3 is 15.2 Å². The van der Waals surface area contributed by atoms with Crippen LogP contribution in [0.3, 0.4) is 0 Å². The van der Waals surface area contributed by atoms with E-state index in [1.54, 1.807) is 14.0 Å². The topological polar surface area (TPSA) is 41.5 Å². The summed E-state index contributed by atoms with van der Waals surface area (Å²) in [4.78, 5) is 0. The van der Waals surface area contributed by atoms with E-state index in [2.05, 4.69) is 5.32 Å². The second kappa shape index (κ2) is 4.80. The maximum absolute atomic E-state index is 9.07. The van der Waals surface area contributed by atoms with Crippen molar-refractivity contribution >= 4 is 0 Å². The Kier molecular flexibility index (Phi) is 3.98. The highest BCUT2D eigenvalue weighted by Gasteiger charge is 2.26. The van der Waals surface area contributed by atoms with Gasteiger partial charge in [0.25, 0.3) is 0 Å². The van der Waals surface area contributed by atoms with Crippen LogP contribution in [0.1, 0.15) is 26.2 Å². The highest BCUT2D eigenvalue weighted by molar-refractivity contribution is 4.84. The number of hydrogen-bond acceptors (Lipinski definition) is 3. The minimum Gasteiger partial charge on any atom is -0.392 e. The normalized spacial score (nSPS) is 32.2. The minimum atomic E-state index is -0.261. The zero-order chi connectivity index (χ0) is 8.97. The molecule has 1 saturated carbocycles. The minimum absolute atomic E-state index is 0.261. The Morgan fingerprint density at radius 3 is 2.92 bits per heavy atom. The van der Waals surface area contributed by atoms with E-state index in [4.69, 9.17) is 9.84 Å². The molecule has 0 aromatic heterocycles. The van der Waals surface area contributed by atoms with Gasteiger partial charge in [0.1, 0.15) is 0 Å². The zero-order valence-electron chi connectivity index (χ0n) is 7.92. The lowest BCUT2D eigenvalue weighted by molar-refractivity contribution is 0.0795. The summed E-state index contributed by atoms with van der Waals surface area (Å²) in [7, 11) is 1.76. The largest absolute Gasteiger partial charge is 0.392 e. The molecule has 1 rings (SSSR count). The van der Waals surface area contributed by atoms with Crippen LogP contribution in [0.15, 0.2) is 0 Å².